The van der Waals surface area contributed by atoms with Crippen LogP contribution >= 0.6 is 11.6 Å². The van der Waals surface area contributed by atoms with Gasteiger partial charge in [0, 0.05) is 0 Å². The number of halogens is 1. The van der Waals surface area contributed by atoms with E-state index in [-0.39, 0.29) is 5.75 Å². The van der Waals surface area contributed by atoms with Crippen LogP contribution in [0, 0.1) is 0 Å². The van der Waals surface area contributed by atoms with Crippen LogP contribution in [0.15, 0.2) is 18.2 Å². The predicted molar refractivity (Wildman–Crippen MR) is 66.8 cm³/mol. The van der Waals surface area contributed by atoms with Crippen LogP contribution in [0.1, 0.15) is 50.7 Å². The van der Waals surface area contributed by atoms with E-state index in [0.29, 0.717) is 5.02 Å². The first kappa shape index (κ1) is 13.3. The number of aliphatic hydroxyl groups excluding tert-OH is 1. The maximum atomic E-state index is 9.88. The van der Waals surface area contributed by atoms with Crippen molar-refractivity contribution in [2.75, 3.05) is 0 Å². The van der Waals surface area contributed by atoms with Crippen LogP contribution in [0.3, 0.4) is 0 Å². The van der Waals surface area contributed by atoms with Gasteiger partial charge in [-0.05, 0) is 24.1 Å². The summed E-state index contributed by atoms with van der Waals surface area (Å²) >= 11 is 5.70. The molecule has 3 heteroatoms. The molecular weight excluding hydrogens is 224 g/mol. The van der Waals surface area contributed by atoms with Crippen molar-refractivity contribution >= 4 is 11.6 Å². The fraction of sp³-hybridized carbons (Fsp3) is 0.538. The van der Waals surface area contributed by atoms with E-state index in [1.165, 1.54) is 18.9 Å². The third kappa shape index (κ3) is 4.03. The van der Waals surface area contributed by atoms with Crippen LogP contribution in [-0.4, -0.2) is 10.2 Å². The number of benzene rings is 1. The number of phenolic OH excluding ortho intramolecular Hbond substituents is 1. The Morgan fingerprint density at radius 3 is 2.62 bits per heavy atom. The van der Waals surface area contributed by atoms with E-state index in [2.05, 4.69) is 6.92 Å². The topological polar surface area (TPSA) is 40.5 Å². The van der Waals surface area contributed by atoms with E-state index >= 15 is 0 Å². The van der Waals surface area contributed by atoms with Gasteiger partial charge in [-0.15, -0.1) is 0 Å². The molecule has 0 amide bonds. The highest BCUT2D eigenvalue weighted by Gasteiger charge is 2.09. The zero-order valence-electron chi connectivity index (χ0n) is 9.62. The van der Waals surface area contributed by atoms with Gasteiger partial charge >= 0.3 is 0 Å². The summed E-state index contributed by atoms with van der Waals surface area (Å²) < 4.78 is 0. The second-order valence-corrected chi connectivity index (χ2v) is 4.48. The van der Waals surface area contributed by atoms with Crippen molar-refractivity contribution in [3.63, 3.8) is 0 Å². The highest BCUT2D eigenvalue weighted by atomic mass is 35.5. The Balaban J connectivity index is 2.46. The number of hydrogen-bond acceptors (Lipinski definition) is 2. The van der Waals surface area contributed by atoms with Crippen LogP contribution < -0.4 is 0 Å². The summed E-state index contributed by atoms with van der Waals surface area (Å²) in [7, 11) is 0. The van der Waals surface area contributed by atoms with Crippen molar-refractivity contribution in [2.24, 2.45) is 0 Å². The van der Waals surface area contributed by atoms with Crippen LogP contribution in [-0.2, 0) is 0 Å². The van der Waals surface area contributed by atoms with E-state index in [9.17, 15) is 10.2 Å². The van der Waals surface area contributed by atoms with Gasteiger partial charge in [0.2, 0.25) is 0 Å². The highest BCUT2D eigenvalue weighted by molar-refractivity contribution is 6.32. The van der Waals surface area contributed by atoms with Gasteiger partial charge in [0.25, 0.3) is 0 Å². The zero-order valence-corrected chi connectivity index (χ0v) is 10.4. The van der Waals surface area contributed by atoms with Crippen LogP contribution in [0.25, 0.3) is 0 Å². The molecule has 0 fully saturated rings. The van der Waals surface area contributed by atoms with Crippen LogP contribution in [0.4, 0.5) is 0 Å². The molecule has 1 aromatic rings. The molecule has 1 aromatic carbocycles. The van der Waals surface area contributed by atoms with Crippen molar-refractivity contribution < 1.29 is 10.2 Å². The molecular formula is C13H19ClO2. The Morgan fingerprint density at radius 1 is 1.25 bits per heavy atom. The van der Waals surface area contributed by atoms with E-state index in [1.54, 1.807) is 12.1 Å². The minimum Gasteiger partial charge on any atom is -0.506 e. The Labute approximate surface area is 102 Å². The molecule has 0 saturated carbocycles. The maximum absolute atomic E-state index is 9.88. The number of aliphatic hydroxyl groups is 1. The Morgan fingerprint density at radius 2 is 2.00 bits per heavy atom. The number of unbranched alkanes of at least 4 members (excludes halogenated alkanes) is 3. The molecule has 0 radical (unpaired) electrons. The van der Waals surface area contributed by atoms with Gasteiger partial charge in [0.15, 0.2) is 0 Å². The molecule has 2 N–H and O–H groups in total. The van der Waals surface area contributed by atoms with Gasteiger partial charge < -0.3 is 10.2 Å². The first-order valence-electron chi connectivity index (χ1n) is 5.81. The second-order valence-electron chi connectivity index (χ2n) is 4.08. The first-order chi connectivity index (χ1) is 7.65. The average Bonchev–Trinajstić information content (AvgIpc) is 2.28. The second kappa shape index (κ2) is 6.77. The molecule has 0 aliphatic rings. The molecule has 1 atom stereocenters. The lowest BCUT2D eigenvalue weighted by molar-refractivity contribution is 0.163. The van der Waals surface area contributed by atoms with Crippen molar-refractivity contribution in [1.29, 1.82) is 0 Å². The largest absolute Gasteiger partial charge is 0.506 e. The quantitative estimate of drug-likeness (QED) is 0.739. The van der Waals surface area contributed by atoms with Crippen molar-refractivity contribution in [3.05, 3.63) is 28.8 Å². The monoisotopic (exact) mass is 242 g/mol. The molecule has 1 unspecified atom stereocenters. The van der Waals surface area contributed by atoms with E-state index in [1.807, 2.05) is 0 Å². The normalized spacial score (nSPS) is 12.7. The summed E-state index contributed by atoms with van der Waals surface area (Å²) in [4.78, 5) is 0. The van der Waals surface area contributed by atoms with E-state index < -0.39 is 6.10 Å². The first-order valence-corrected chi connectivity index (χ1v) is 6.19. The number of phenols is 1. The average molecular weight is 243 g/mol. The van der Waals surface area contributed by atoms with Crippen molar-refractivity contribution in [1.82, 2.24) is 0 Å². The molecule has 0 aliphatic carbocycles. The Hall–Kier alpha value is -0.730. The fourth-order valence-electron chi connectivity index (χ4n) is 1.67. The summed E-state index contributed by atoms with van der Waals surface area (Å²) in [5.74, 6) is 0.0341. The molecule has 0 aliphatic heterocycles. The number of rotatable bonds is 6. The lowest BCUT2D eigenvalue weighted by Gasteiger charge is -2.11. The Bertz CT molecular complexity index is 326. The van der Waals surface area contributed by atoms with E-state index in [4.69, 9.17) is 11.6 Å². The van der Waals surface area contributed by atoms with Crippen molar-refractivity contribution in [3.8, 4) is 5.75 Å². The van der Waals surface area contributed by atoms with Crippen LogP contribution in [0.5, 0.6) is 5.75 Å². The molecule has 16 heavy (non-hydrogen) atoms. The van der Waals surface area contributed by atoms with Gasteiger partial charge in [-0.1, -0.05) is 50.3 Å². The standard InChI is InChI=1S/C13H19ClO2/c1-2-3-4-5-6-12(15)10-7-8-11(14)13(16)9-10/h7-9,12,15-16H,2-6H2,1H3. The Kier molecular flexibility index (Phi) is 5.64. The molecule has 0 heterocycles. The van der Waals surface area contributed by atoms with Gasteiger partial charge in [-0.25, -0.2) is 0 Å². The smallest absolute Gasteiger partial charge is 0.134 e. The minimum absolute atomic E-state index is 0.0341. The van der Waals surface area contributed by atoms with Crippen molar-refractivity contribution in [2.45, 2.75) is 45.1 Å². The molecule has 1 rings (SSSR count). The van der Waals surface area contributed by atoms with E-state index in [0.717, 1.165) is 24.8 Å². The minimum atomic E-state index is -0.500. The van der Waals surface area contributed by atoms with Gasteiger partial charge in [0.05, 0.1) is 11.1 Å². The number of hydrogen-bond donors (Lipinski definition) is 2. The summed E-state index contributed by atoms with van der Waals surface area (Å²) in [6.45, 7) is 2.16. The highest BCUT2D eigenvalue weighted by Crippen LogP contribution is 2.28. The fourth-order valence-corrected chi connectivity index (χ4v) is 1.79. The summed E-state index contributed by atoms with van der Waals surface area (Å²) in [6, 6.07) is 4.90. The molecule has 2 nitrogen and oxygen atoms in total. The predicted octanol–water partition coefficient (Wildman–Crippen LogP) is 4.05. The third-order valence-corrected chi connectivity index (χ3v) is 3.01. The third-order valence-electron chi connectivity index (χ3n) is 2.69. The van der Waals surface area contributed by atoms with Gasteiger partial charge in [-0.2, -0.15) is 0 Å². The zero-order chi connectivity index (χ0) is 12.0. The summed E-state index contributed by atoms with van der Waals surface area (Å²) in [6.07, 6.45) is 4.79. The lowest BCUT2D eigenvalue weighted by atomic mass is 10.0. The molecule has 0 bridgehead atoms. The SMILES string of the molecule is CCCCCCC(O)c1ccc(Cl)c(O)c1. The molecule has 0 saturated heterocycles. The van der Waals surface area contributed by atoms with Crippen LogP contribution in [0.2, 0.25) is 5.02 Å². The molecule has 0 aromatic heterocycles. The molecule has 90 valence electrons. The lowest BCUT2D eigenvalue weighted by Crippen LogP contribution is -1.97. The molecule has 0 spiro atoms. The number of aromatic hydroxyl groups is 1. The summed E-state index contributed by atoms with van der Waals surface area (Å²) in [5.41, 5.74) is 0.735. The summed E-state index contributed by atoms with van der Waals surface area (Å²) in [5, 5.41) is 19.6. The maximum Gasteiger partial charge on any atom is 0.134 e. The van der Waals surface area contributed by atoms with Gasteiger partial charge in [-0.3, -0.25) is 0 Å². The van der Waals surface area contributed by atoms with Gasteiger partial charge in [0.1, 0.15) is 5.75 Å².